The second-order valence-electron chi connectivity index (χ2n) is 10.6. The van der Waals surface area contributed by atoms with E-state index in [0.717, 1.165) is 39.0 Å². The molecule has 3 amide bonds. The largest absolute Gasteiger partial charge is 0.338 e. The van der Waals surface area contributed by atoms with Crippen LogP contribution in [0.4, 0.5) is 4.79 Å². The predicted octanol–water partition coefficient (Wildman–Crippen LogP) is 4.92. The fraction of sp³-hybridized carbons (Fsp3) is 0.533. The number of carbonyl (C=O) groups is 2. The van der Waals surface area contributed by atoms with E-state index in [1.165, 1.54) is 24.0 Å². The van der Waals surface area contributed by atoms with Crippen LogP contribution in [0.1, 0.15) is 63.1 Å². The number of rotatable bonds is 7. The van der Waals surface area contributed by atoms with Crippen molar-refractivity contribution in [2.45, 2.75) is 58.0 Å². The van der Waals surface area contributed by atoms with Crippen LogP contribution in [0.5, 0.6) is 0 Å². The van der Waals surface area contributed by atoms with E-state index in [1.807, 2.05) is 9.80 Å². The summed E-state index contributed by atoms with van der Waals surface area (Å²) in [4.78, 5) is 33.0. The zero-order valence-corrected chi connectivity index (χ0v) is 21.9. The Labute approximate surface area is 216 Å². The lowest BCUT2D eigenvalue weighted by atomic mass is 9.96. The summed E-state index contributed by atoms with van der Waals surface area (Å²) >= 11 is 0. The fourth-order valence-electron chi connectivity index (χ4n) is 5.51. The molecule has 194 valence electrons. The molecular formula is C30H42N4O2. The molecule has 0 saturated carbocycles. The van der Waals surface area contributed by atoms with Crippen LogP contribution in [-0.2, 0) is 4.79 Å². The molecule has 6 heteroatoms. The van der Waals surface area contributed by atoms with E-state index >= 15 is 0 Å². The van der Waals surface area contributed by atoms with Gasteiger partial charge in [0.05, 0.1) is 6.04 Å². The number of nitrogens with one attached hydrogen (secondary N) is 1. The van der Waals surface area contributed by atoms with Crippen molar-refractivity contribution in [1.29, 1.82) is 0 Å². The number of carbonyl (C=O) groups excluding carboxylic acids is 2. The van der Waals surface area contributed by atoms with Crippen LogP contribution in [0.25, 0.3) is 0 Å². The van der Waals surface area contributed by atoms with Gasteiger partial charge in [-0.1, -0.05) is 87.4 Å². The van der Waals surface area contributed by atoms with Crippen molar-refractivity contribution in [1.82, 2.24) is 20.0 Å². The van der Waals surface area contributed by atoms with Crippen LogP contribution >= 0.6 is 0 Å². The van der Waals surface area contributed by atoms with E-state index < -0.39 is 6.04 Å². The number of hydrogen-bond acceptors (Lipinski definition) is 3. The van der Waals surface area contributed by atoms with E-state index in [0.29, 0.717) is 25.4 Å². The lowest BCUT2D eigenvalue weighted by molar-refractivity contribution is -0.135. The topological polar surface area (TPSA) is 55.9 Å². The van der Waals surface area contributed by atoms with Crippen molar-refractivity contribution in [2.75, 3.05) is 39.3 Å². The number of nitrogens with zero attached hydrogens (tertiary/aromatic N) is 3. The summed E-state index contributed by atoms with van der Waals surface area (Å²) < 4.78 is 0. The average Bonchev–Trinajstić information content (AvgIpc) is 3.19. The molecule has 2 aromatic carbocycles. The standard InChI is InChI=1S/C30H42N4O2/c1-24(2)23-27(31-30(36)34-17-11-3-4-12-18-34)29(35)33-21-19-32(20-22-33)28(25-13-7-5-8-14-25)26-15-9-6-10-16-26/h5-10,13-16,24,27-28H,3-4,11-12,17-23H2,1-2H3,(H,31,36)/t27-/m0/s1. The molecule has 2 aliphatic rings. The SMILES string of the molecule is CC(C)C[C@H](NC(=O)N1CCCCCC1)C(=O)N1CCN(C(c2ccccc2)c2ccccc2)CC1. The van der Waals surface area contributed by atoms with Gasteiger partial charge in [0.2, 0.25) is 5.91 Å². The zero-order valence-electron chi connectivity index (χ0n) is 21.9. The Kier molecular flexibility index (Phi) is 9.40. The molecule has 36 heavy (non-hydrogen) atoms. The quantitative estimate of drug-likeness (QED) is 0.599. The van der Waals surface area contributed by atoms with Crippen LogP contribution in [0.3, 0.4) is 0 Å². The van der Waals surface area contributed by atoms with Crippen LogP contribution in [0.2, 0.25) is 0 Å². The van der Waals surface area contributed by atoms with Crippen LogP contribution < -0.4 is 5.32 Å². The van der Waals surface area contributed by atoms with Gasteiger partial charge < -0.3 is 15.1 Å². The highest BCUT2D eigenvalue weighted by Crippen LogP contribution is 2.29. The molecule has 1 atom stereocenters. The maximum atomic E-state index is 13.6. The first kappa shape index (κ1) is 26.2. The number of hydrogen-bond donors (Lipinski definition) is 1. The third-order valence-electron chi connectivity index (χ3n) is 7.42. The summed E-state index contributed by atoms with van der Waals surface area (Å²) in [7, 11) is 0. The van der Waals surface area contributed by atoms with Crippen LogP contribution in [0, 0.1) is 5.92 Å². The van der Waals surface area contributed by atoms with E-state index in [-0.39, 0.29) is 18.0 Å². The number of amides is 3. The summed E-state index contributed by atoms with van der Waals surface area (Å²) in [6.45, 7) is 8.73. The van der Waals surface area contributed by atoms with E-state index in [2.05, 4.69) is 84.7 Å². The summed E-state index contributed by atoms with van der Waals surface area (Å²) in [5, 5.41) is 3.11. The number of benzene rings is 2. The first-order chi connectivity index (χ1) is 17.5. The third-order valence-corrected chi connectivity index (χ3v) is 7.42. The highest BCUT2D eigenvalue weighted by atomic mass is 16.2. The third kappa shape index (κ3) is 6.88. The zero-order chi connectivity index (χ0) is 25.3. The van der Waals surface area contributed by atoms with E-state index in [4.69, 9.17) is 0 Å². The van der Waals surface area contributed by atoms with Crippen molar-refractivity contribution in [3.05, 3.63) is 71.8 Å². The van der Waals surface area contributed by atoms with Gasteiger partial charge in [-0.15, -0.1) is 0 Å². The Bertz CT molecular complexity index is 910. The van der Waals surface area contributed by atoms with Crippen molar-refractivity contribution in [2.24, 2.45) is 5.92 Å². The summed E-state index contributed by atoms with van der Waals surface area (Å²) in [5.74, 6) is 0.382. The van der Waals surface area contributed by atoms with Crippen molar-refractivity contribution >= 4 is 11.9 Å². The predicted molar refractivity (Wildman–Crippen MR) is 145 cm³/mol. The molecule has 2 fully saturated rings. The number of urea groups is 1. The van der Waals surface area contributed by atoms with Gasteiger partial charge >= 0.3 is 6.03 Å². The Morgan fingerprint density at radius 2 is 1.25 bits per heavy atom. The second-order valence-corrected chi connectivity index (χ2v) is 10.6. The van der Waals surface area contributed by atoms with Gasteiger partial charge in [0.15, 0.2) is 0 Å². The maximum Gasteiger partial charge on any atom is 0.318 e. The highest BCUT2D eigenvalue weighted by Gasteiger charge is 2.32. The molecule has 2 saturated heterocycles. The molecule has 0 radical (unpaired) electrons. The fourth-order valence-corrected chi connectivity index (χ4v) is 5.51. The number of piperazine rings is 1. The molecule has 6 nitrogen and oxygen atoms in total. The van der Waals surface area contributed by atoms with Gasteiger partial charge in [0.25, 0.3) is 0 Å². The first-order valence-corrected chi connectivity index (χ1v) is 13.7. The molecule has 0 bridgehead atoms. The Balaban J connectivity index is 1.42. The Hall–Kier alpha value is -2.86. The maximum absolute atomic E-state index is 13.6. The molecule has 0 unspecified atom stereocenters. The summed E-state index contributed by atoms with van der Waals surface area (Å²) in [6, 6.07) is 20.8. The lowest BCUT2D eigenvalue weighted by Gasteiger charge is -2.41. The Morgan fingerprint density at radius 1 is 0.722 bits per heavy atom. The monoisotopic (exact) mass is 490 g/mol. The molecule has 2 aromatic rings. The van der Waals surface area contributed by atoms with Crippen molar-refractivity contribution in [3.63, 3.8) is 0 Å². The summed E-state index contributed by atoms with van der Waals surface area (Å²) in [6.07, 6.45) is 5.10. The van der Waals surface area contributed by atoms with Gasteiger partial charge in [0, 0.05) is 39.3 Å². The molecule has 4 rings (SSSR count). The van der Waals surface area contributed by atoms with E-state index in [1.54, 1.807) is 0 Å². The molecule has 2 aliphatic heterocycles. The molecule has 0 spiro atoms. The summed E-state index contributed by atoms with van der Waals surface area (Å²) in [5.41, 5.74) is 2.54. The van der Waals surface area contributed by atoms with Crippen molar-refractivity contribution < 1.29 is 9.59 Å². The molecule has 1 N–H and O–H groups in total. The second kappa shape index (κ2) is 12.9. The minimum atomic E-state index is -0.466. The molecule has 0 aromatic heterocycles. The minimum absolute atomic E-state index is 0.0579. The molecular weight excluding hydrogens is 448 g/mol. The van der Waals surface area contributed by atoms with Crippen molar-refractivity contribution in [3.8, 4) is 0 Å². The smallest absolute Gasteiger partial charge is 0.318 e. The van der Waals surface area contributed by atoms with Gasteiger partial charge in [-0.05, 0) is 36.3 Å². The number of likely N-dealkylation sites (tertiary alicyclic amines) is 1. The van der Waals surface area contributed by atoms with E-state index in [9.17, 15) is 9.59 Å². The van der Waals surface area contributed by atoms with Gasteiger partial charge in [0.1, 0.15) is 6.04 Å². The normalized spacial score (nSPS) is 18.2. The lowest BCUT2D eigenvalue weighted by Crippen LogP contribution is -2.57. The van der Waals surface area contributed by atoms with Gasteiger partial charge in [-0.2, -0.15) is 0 Å². The molecule has 2 heterocycles. The first-order valence-electron chi connectivity index (χ1n) is 13.7. The van der Waals surface area contributed by atoms with Gasteiger partial charge in [-0.3, -0.25) is 9.69 Å². The minimum Gasteiger partial charge on any atom is -0.338 e. The van der Waals surface area contributed by atoms with Crippen LogP contribution in [0.15, 0.2) is 60.7 Å². The molecule has 0 aliphatic carbocycles. The average molecular weight is 491 g/mol. The Morgan fingerprint density at radius 3 is 1.75 bits per heavy atom. The highest BCUT2D eigenvalue weighted by molar-refractivity contribution is 5.87. The van der Waals surface area contributed by atoms with Crippen LogP contribution in [-0.4, -0.2) is 71.9 Å². The van der Waals surface area contributed by atoms with Gasteiger partial charge in [-0.25, -0.2) is 4.79 Å².